The number of aromatic nitrogens is 1. The minimum Gasteiger partial charge on any atom is -0.465 e. The highest BCUT2D eigenvalue weighted by molar-refractivity contribution is 7.11. The van der Waals surface area contributed by atoms with Gasteiger partial charge in [0.2, 0.25) is 5.91 Å². The zero-order valence-corrected chi connectivity index (χ0v) is 12.3. The lowest BCUT2D eigenvalue weighted by molar-refractivity contribution is -0.125. The van der Waals surface area contributed by atoms with Crippen LogP contribution in [0.1, 0.15) is 23.2 Å². The molecule has 1 aromatic rings. The first-order valence-electron chi connectivity index (χ1n) is 6.38. The molecule has 20 heavy (non-hydrogen) atoms. The Kier molecular flexibility index (Phi) is 4.43. The van der Waals surface area contributed by atoms with Gasteiger partial charge in [0.1, 0.15) is 10.6 Å². The van der Waals surface area contributed by atoms with Gasteiger partial charge in [0, 0.05) is 26.1 Å². The minimum atomic E-state index is -0.473. The summed E-state index contributed by atoms with van der Waals surface area (Å²) >= 11 is 1.19. The Morgan fingerprint density at radius 2 is 2.10 bits per heavy atom. The number of hydrogen-bond donors (Lipinski definition) is 2. The standard InChI is InChI=1S/C12H18N4O3S/c1-14-10(17)7-3-5-16(6-4-7)11-8(12(18)19-2)9(13)15-20-11/h7H,3-6H2,1-2H3,(H2,13,15)(H,14,17). The number of piperidine rings is 1. The van der Waals surface area contributed by atoms with E-state index >= 15 is 0 Å². The number of nitrogen functional groups attached to an aromatic ring is 1. The number of nitrogens with two attached hydrogens (primary N) is 1. The molecule has 1 aromatic heterocycles. The van der Waals surface area contributed by atoms with Crippen LogP contribution < -0.4 is 16.0 Å². The predicted octanol–water partition coefficient (Wildman–Crippen LogP) is 0.474. The van der Waals surface area contributed by atoms with Crippen LogP contribution in [-0.2, 0) is 9.53 Å². The molecule has 3 N–H and O–H groups in total. The van der Waals surface area contributed by atoms with E-state index < -0.39 is 5.97 Å². The molecule has 0 unspecified atom stereocenters. The Balaban J connectivity index is 2.11. The van der Waals surface area contributed by atoms with Crippen LogP contribution in [0.15, 0.2) is 0 Å². The lowest BCUT2D eigenvalue weighted by atomic mass is 9.96. The van der Waals surface area contributed by atoms with Gasteiger partial charge in [0.25, 0.3) is 0 Å². The lowest BCUT2D eigenvalue weighted by Gasteiger charge is -2.31. The number of methoxy groups -OCH3 is 1. The van der Waals surface area contributed by atoms with E-state index in [1.807, 2.05) is 4.90 Å². The summed E-state index contributed by atoms with van der Waals surface area (Å²) in [7, 11) is 2.97. The molecule has 0 spiro atoms. The highest BCUT2D eigenvalue weighted by Crippen LogP contribution is 2.33. The molecule has 0 saturated carbocycles. The van der Waals surface area contributed by atoms with E-state index in [1.54, 1.807) is 7.05 Å². The van der Waals surface area contributed by atoms with Crippen LogP contribution in [0.5, 0.6) is 0 Å². The zero-order valence-electron chi connectivity index (χ0n) is 11.5. The molecule has 1 fully saturated rings. The molecule has 1 saturated heterocycles. The number of ether oxygens (including phenoxy) is 1. The number of esters is 1. The van der Waals surface area contributed by atoms with Crippen molar-refractivity contribution in [3.63, 3.8) is 0 Å². The van der Waals surface area contributed by atoms with E-state index in [0.717, 1.165) is 17.8 Å². The van der Waals surface area contributed by atoms with Crippen LogP contribution in [0.25, 0.3) is 0 Å². The molecular weight excluding hydrogens is 280 g/mol. The number of hydrogen-bond acceptors (Lipinski definition) is 7. The summed E-state index contributed by atoms with van der Waals surface area (Å²) in [5, 5.41) is 3.40. The van der Waals surface area contributed by atoms with Crippen molar-refractivity contribution in [2.24, 2.45) is 5.92 Å². The predicted molar refractivity (Wildman–Crippen MR) is 76.9 cm³/mol. The highest BCUT2D eigenvalue weighted by atomic mass is 32.1. The fourth-order valence-electron chi connectivity index (χ4n) is 2.35. The topological polar surface area (TPSA) is 97.5 Å². The number of carbonyl (C=O) groups excluding carboxylic acids is 2. The van der Waals surface area contributed by atoms with Crippen molar-refractivity contribution in [2.75, 3.05) is 37.9 Å². The quantitative estimate of drug-likeness (QED) is 0.787. The lowest BCUT2D eigenvalue weighted by Crippen LogP contribution is -2.39. The van der Waals surface area contributed by atoms with Crippen molar-refractivity contribution in [1.29, 1.82) is 0 Å². The van der Waals surface area contributed by atoms with Gasteiger partial charge in [-0.1, -0.05) is 0 Å². The van der Waals surface area contributed by atoms with Crippen molar-refractivity contribution >= 4 is 34.2 Å². The monoisotopic (exact) mass is 298 g/mol. The largest absolute Gasteiger partial charge is 0.465 e. The van der Waals surface area contributed by atoms with E-state index in [1.165, 1.54) is 18.6 Å². The van der Waals surface area contributed by atoms with Gasteiger partial charge in [-0.3, -0.25) is 4.79 Å². The van der Waals surface area contributed by atoms with E-state index in [4.69, 9.17) is 10.5 Å². The summed E-state index contributed by atoms with van der Waals surface area (Å²) in [6, 6.07) is 0. The zero-order chi connectivity index (χ0) is 14.7. The summed E-state index contributed by atoms with van der Waals surface area (Å²) in [6.07, 6.45) is 1.50. The molecule has 0 aliphatic carbocycles. The van der Waals surface area contributed by atoms with E-state index in [0.29, 0.717) is 18.7 Å². The van der Waals surface area contributed by atoms with Crippen LogP contribution in [0.4, 0.5) is 10.8 Å². The molecule has 0 radical (unpaired) electrons. The first-order valence-corrected chi connectivity index (χ1v) is 7.15. The smallest absolute Gasteiger partial charge is 0.344 e. The Hall–Kier alpha value is -1.83. The van der Waals surface area contributed by atoms with E-state index in [2.05, 4.69) is 9.69 Å². The molecule has 2 heterocycles. The van der Waals surface area contributed by atoms with Gasteiger partial charge in [0.05, 0.1) is 7.11 Å². The van der Waals surface area contributed by atoms with Gasteiger partial charge < -0.3 is 20.7 Å². The molecular formula is C12H18N4O3S. The highest BCUT2D eigenvalue weighted by Gasteiger charge is 2.29. The molecule has 1 aliphatic heterocycles. The Morgan fingerprint density at radius 1 is 1.45 bits per heavy atom. The Labute approximate surface area is 121 Å². The Bertz CT molecular complexity index is 509. The fourth-order valence-corrected chi connectivity index (χ4v) is 3.21. The average Bonchev–Trinajstić information content (AvgIpc) is 2.87. The number of nitrogens with zero attached hydrogens (tertiary/aromatic N) is 2. The summed E-state index contributed by atoms with van der Waals surface area (Å²) in [6.45, 7) is 1.40. The summed E-state index contributed by atoms with van der Waals surface area (Å²) in [5.74, 6) is -0.172. The molecule has 0 atom stereocenters. The summed E-state index contributed by atoms with van der Waals surface area (Å²) in [5.41, 5.74) is 6.06. The van der Waals surface area contributed by atoms with Crippen molar-refractivity contribution in [2.45, 2.75) is 12.8 Å². The fraction of sp³-hybridized carbons (Fsp3) is 0.583. The van der Waals surface area contributed by atoms with Crippen molar-refractivity contribution in [1.82, 2.24) is 9.69 Å². The van der Waals surface area contributed by atoms with Crippen molar-refractivity contribution in [3.8, 4) is 0 Å². The molecule has 1 aliphatic rings. The SMILES string of the molecule is CNC(=O)C1CCN(c2snc(N)c2C(=O)OC)CC1. The van der Waals surface area contributed by atoms with Crippen molar-refractivity contribution < 1.29 is 14.3 Å². The second-order valence-corrected chi connectivity index (χ2v) is 5.37. The van der Waals surface area contributed by atoms with E-state index in [-0.39, 0.29) is 17.6 Å². The number of rotatable bonds is 3. The number of carbonyl (C=O) groups is 2. The molecule has 1 amide bonds. The minimum absolute atomic E-state index is 0.0306. The maximum absolute atomic E-state index is 11.8. The van der Waals surface area contributed by atoms with Gasteiger partial charge in [-0.2, -0.15) is 4.37 Å². The molecule has 0 aromatic carbocycles. The normalized spacial score (nSPS) is 16.0. The maximum Gasteiger partial charge on any atom is 0.344 e. The summed E-state index contributed by atoms with van der Waals surface area (Å²) < 4.78 is 8.77. The van der Waals surface area contributed by atoms with Gasteiger partial charge in [-0.25, -0.2) is 4.79 Å². The van der Waals surface area contributed by atoms with Crippen LogP contribution in [-0.4, -0.2) is 43.5 Å². The number of anilines is 2. The third-order valence-corrected chi connectivity index (χ3v) is 4.41. The third kappa shape index (κ3) is 2.69. The van der Waals surface area contributed by atoms with Gasteiger partial charge in [-0.05, 0) is 24.4 Å². The van der Waals surface area contributed by atoms with Gasteiger partial charge in [0.15, 0.2) is 5.82 Å². The van der Waals surface area contributed by atoms with Crippen LogP contribution in [0.3, 0.4) is 0 Å². The van der Waals surface area contributed by atoms with Crippen LogP contribution in [0, 0.1) is 5.92 Å². The first-order chi connectivity index (χ1) is 9.58. The molecule has 7 nitrogen and oxygen atoms in total. The number of nitrogens with one attached hydrogen (secondary N) is 1. The van der Waals surface area contributed by atoms with Gasteiger partial charge in [-0.15, -0.1) is 0 Å². The van der Waals surface area contributed by atoms with Crippen LogP contribution in [0.2, 0.25) is 0 Å². The molecule has 8 heteroatoms. The van der Waals surface area contributed by atoms with Gasteiger partial charge >= 0.3 is 5.97 Å². The molecule has 0 bridgehead atoms. The molecule has 2 rings (SSSR count). The Morgan fingerprint density at radius 3 is 2.65 bits per heavy atom. The van der Waals surface area contributed by atoms with Crippen LogP contribution >= 0.6 is 11.5 Å². The summed E-state index contributed by atoms with van der Waals surface area (Å²) in [4.78, 5) is 25.4. The second-order valence-electron chi connectivity index (χ2n) is 4.62. The third-order valence-electron chi connectivity index (χ3n) is 3.49. The average molecular weight is 298 g/mol. The maximum atomic E-state index is 11.8. The molecule has 110 valence electrons. The number of amides is 1. The van der Waals surface area contributed by atoms with Crippen molar-refractivity contribution in [3.05, 3.63) is 5.56 Å². The first kappa shape index (κ1) is 14.6. The second kappa shape index (κ2) is 6.08. The van der Waals surface area contributed by atoms with E-state index in [9.17, 15) is 9.59 Å².